The van der Waals surface area contributed by atoms with Crippen LogP contribution in [0.5, 0.6) is 11.5 Å². The molecule has 0 unspecified atom stereocenters. The molecule has 3 rings (SSSR count). The van der Waals surface area contributed by atoms with Crippen LogP contribution in [0.2, 0.25) is 5.02 Å². The van der Waals surface area contributed by atoms with Gasteiger partial charge in [0.15, 0.2) is 0 Å². The number of rotatable bonds is 7. The molecule has 1 N–H and O–H groups in total. The van der Waals surface area contributed by atoms with E-state index in [4.69, 9.17) is 25.8 Å². The summed E-state index contributed by atoms with van der Waals surface area (Å²) < 4.78 is 17.1. The Hall–Kier alpha value is -1.75. The van der Waals surface area contributed by atoms with Crippen molar-refractivity contribution in [2.75, 3.05) is 20.3 Å². The summed E-state index contributed by atoms with van der Waals surface area (Å²) in [5.74, 6) is 1.62. The fraction of sp³-hybridized carbons (Fsp3) is 0.455. The molecule has 2 aromatic carbocycles. The van der Waals surface area contributed by atoms with E-state index >= 15 is 0 Å². The smallest absolute Gasteiger partial charge is 0.141 e. The summed E-state index contributed by atoms with van der Waals surface area (Å²) in [6.07, 6.45) is 2.23. The van der Waals surface area contributed by atoms with E-state index in [0.29, 0.717) is 18.1 Å². The average molecular weight is 391 g/mol. The third kappa shape index (κ3) is 4.57. The monoisotopic (exact) mass is 390 g/mol. The summed E-state index contributed by atoms with van der Waals surface area (Å²) in [4.78, 5) is 0. The standard InChI is InChI=1S/C22H27ClO4/c1-14(13-24)27-15(2)20-12-17(11-16-6-8-18(25-3)9-7-16)21(23)22-19(20)5-4-10-26-22/h6-9,12,14-15,24H,4-5,10-11,13H2,1-3H3/t14-,15+/m0/s1. The third-order valence-electron chi connectivity index (χ3n) is 4.94. The molecule has 1 aliphatic rings. The lowest BCUT2D eigenvalue weighted by molar-refractivity contribution is -0.0225. The van der Waals surface area contributed by atoms with E-state index in [0.717, 1.165) is 46.6 Å². The zero-order valence-corrected chi connectivity index (χ0v) is 16.9. The third-order valence-corrected chi connectivity index (χ3v) is 5.35. The predicted octanol–water partition coefficient (Wildman–Crippen LogP) is 4.72. The maximum Gasteiger partial charge on any atom is 0.141 e. The summed E-state index contributed by atoms with van der Waals surface area (Å²) >= 11 is 6.71. The lowest BCUT2D eigenvalue weighted by Crippen LogP contribution is -2.19. The minimum absolute atomic E-state index is 0.00464. The second kappa shape index (κ2) is 8.96. The van der Waals surface area contributed by atoms with Crippen LogP contribution >= 0.6 is 11.6 Å². The van der Waals surface area contributed by atoms with Crippen LogP contribution in [-0.4, -0.2) is 31.5 Å². The van der Waals surface area contributed by atoms with E-state index in [1.165, 1.54) is 0 Å². The zero-order valence-electron chi connectivity index (χ0n) is 16.1. The van der Waals surface area contributed by atoms with Crippen LogP contribution in [0.4, 0.5) is 0 Å². The lowest BCUT2D eigenvalue weighted by Gasteiger charge is -2.27. The Kier molecular flexibility index (Phi) is 6.64. The SMILES string of the molecule is COc1ccc(Cc2cc([C@@H](C)O[C@@H](C)CO)c3c(c2Cl)OCCC3)cc1. The van der Waals surface area contributed by atoms with Gasteiger partial charge in [-0.2, -0.15) is 0 Å². The van der Waals surface area contributed by atoms with Gasteiger partial charge in [-0.25, -0.2) is 0 Å². The first kappa shape index (κ1) is 20.0. The molecule has 1 heterocycles. The van der Waals surface area contributed by atoms with Gasteiger partial charge >= 0.3 is 0 Å². The molecular weight excluding hydrogens is 364 g/mol. The molecule has 0 aliphatic carbocycles. The number of ether oxygens (including phenoxy) is 3. The van der Waals surface area contributed by atoms with Crippen molar-refractivity contribution in [1.82, 2.24) is 0 Å². The van der Waals surface area contributed by atoms with E-state index in [2.05, 4.69) is 6.07 Å². The molecule has 0 saturated heterocycles. The number of benzene rings is 2. The first-order valence-electron chi connectivity index (χ1n) is 9.39. The van der Waals surface area contributed by atoms with Gasteiger partial charge < -0.3 is 19.3 Å². The van der Waals surface area contributed by atoms with Crippen LogP contribution < -0.4 is 9.47 Å². The molecule has 2 atom stereocenters. The summed E-state index contributed by atoms with van der Waals surface area (Å²) in [7, 11) is 1.66. The first-order chi connectivity index (χ1) is 13.0. The fourth-order valence-corrected chi connectivity index (χ4v) is 3.79. The van der Waals surface area contributed by atoms with Crippen molar-refractivity contribution in [2.45, 2.75) is 45.3 Å². The molecule has 5 heteroatoms. The van der Waals surface area contributed by atoms with Gasteiger partial charge in [0.2, 0.25) is 0 Å². The highest BCUT2D eigenvalue weighted by molar-refractivity contribution is 6.33. The maximum absolute atomic E-state index is 9.32. The van der Waals surface area contributed by atoms with Crippen LogP contribution in [-0.2, 0) is 17.6 Å². The van der Waals surface area contributed by atoms with Gasteiger partial charge in [0.25, 0.3) is 0 Å². The van der Waals surface area contributed by atoms with Gasteiger partial charge in [0, 0.05) is 5.56 Å². The van der Waals surface area contributed by atoms with E-state index in [-0.39, 0.29) is 18.8 Å². The van der Waals surface area contributed by atoms with Crippen LogP contribution in [0.3, 0.4) is 0 Å². The van der Waals surface area contributed by atoms with Gasteiger partial charge in [-0.05, 0) is 61.9 Å². The van der Waals surface area contributed by atoms with Gasteiger partial charge in [0.05, 0.1) is 37.6 Å². The summed E-state index contributed by atoms with van der Waals surface area (Å²) in [6, 6.07) is 10.1. The van der Waals surface area contributed by atoms with E-state index < -0.39 is 0 Å². The van der Waals surface area contributed by atoms with Crippen molar-refractivity contribution in [3.63, 3.8) is 0 Å². The van der Waals surface area contributed by atoms with Crippen molar-refractivity contribution in [2.24, 2.45) is 0 Å². The highest BCUT2D eigenvalue weighted by Crippen LogP contribution is 2.41. The Bertz CT molecular complexity index is 773. The second-order valence-corrected chi connectivity index (χ2v) is 7.37. The lowest BCUT2D eigenvalue weighted by atomic mass is 9.92. The topological polar surface area (TPSA) is 47.9 Å². The molecule has 0 amide bonds. The Morgan fingerprint density at radius 2 is 1.96 bits per heavy atom. The van der Waals surface area contributed by atoms with E-state index in [1.807, 2.05) is 38.1 Å². The molecule has 2 aromatic rings. The zero-order chi connectivity index (χ0) is 19.4. The van der Waals surface area contributed by atoms with Crippen LogP contribution in [0, 0.1) is 0 Å². The molecule has 0 fully saturated rings. The Labute approximate surface area is 166 Å². The molecule has 0 spiro atoms. The number of hydrogen-bond donors (Lipinski definition) is 1. The molecule has 27 heavy (non-hydrogen) atoms. The number of hydrogen-bond acceptors (Lipinski definition) is 4. The Morgan fingerprint density at radius 3 is 2.63 bits per heavy atom. The fourth-order valence-electron chi connectivity index (χ4n) is 3.50. The average Bonchev–Trinajstić information content (AvgIpc) is 2.70. The second-order valence-electron chi connectivity index (χ2n) is 6.99. The quantitative estimate of drug-likeness (QED) is 0.742. The van der Waals surface area contributed by atoms with Crippen LogP contribution in [0.1, 0.15) is 48.6 Å². The molecule has 1 aliphatic heterocycles. The largest absolute Gasteiger partial charge is 0.497 e. The number of halogens is 1. The molecule has 4 nitrogen and oxygen atoms in total. The Morgan fingerprint density at radius 1 is 1.22 bits per heavy atom. The first-order valence-corrected chi connectivity index (χ1v) is 9.77. The summed E-state index contributed by atoms with van der Waals surface area (Å²) in [5.41, 5.74) is 4.39. The minimum atomic E-state index is -0.221. The highest BCUT2D eigenvalue weighted by Gasteiger charge is 2.25. The maximum atomic E-state index is 9.32. The minimum Gasteiger partial charge on any atom is -0.497 e. The Balaban J connectivity index is 1.96. The van der Waals surface area contributed by atoms with Gasteiger partial charge in [0.1, 0.15) is 11.5 Å². The van der Waals surface area contributed by atoms with Gasteiger partial charge in [-0.15, -0.1) is 0 Å². The number of aliphatic hydroxyl groups excluding tert-OH is 1. The highest BCUT2D eigenvalue weighted by atomic mass is 35.5. The van der Waals surface area contributed by atoms with Crippen molar-refractivity contribution in [1.29, 1.82) is 0 Å². The molecular formula is C22H27ClO4. The van der Waals surface area contributed by atoms with E-state index in [1.54, 1.807) is 7.11 Å². The van der Waals surface area contributed by atoms with Crippen molar-refractivity contribution in [3.05, 3.63) is 57.6 Å². The van der Waals surface area contributed by atoms with Crippen molar-refractivity contribution in [3.8, 4) is 11.5 Å². The molecule has 0 radical (unpaired) electrons. The number of aliphatic hydroxyl groups is 1. The van der Waals surface area contributed by atoms with Crippen molar-refractivity contribution >= 4 is 11.6 Å². The summed E-state index contributed by atoms with van der Waals surface area (Å²) in [6.45, 7) is 4.56. The van der Waals surface area contributed by atoms with E-state index in [9.17, 15) is 5.11 Å². The predicted molar refractivity (Wildman–Crippen MR) is 107 cm³/mol. The van der Waals surface area contributed by atoms with Gasteiger partial charge in [-0.3, -0.25) is 0 Å². The molecule has 0 saturated carbocycles. The molecule has 0 bridgehead atoms. The molecule has 0 aromatic heterocycles. The summed E-state index contributed by atoms with van der Waals surface area (Å²) in [5, 5.41) is 10.0. The number of fused-ring (bicyclic) bond motifs is 1. The normalized spacial score (nSPS) is 15.6. The van der Waals surface area contributed by atoms with Crippen molar-refractivity contribution < 1.29 is 19.3 Å². The number of methoxy groups -OCH3 is 1. The van der Waals surface area contributed by atoms with Gasteiger partial charge in [-0.1, -0.05) is 29.8 Å². The van der Waals surface area contributed by atoms with Crippen LogP contribution in [0.25, 0.3) is 0 Å². The van der Waals surface area contributed by atoms with Crippen LogP contribution in [0.15, 0.2) is 30.3 Å². The molecule has 146 valence electrons.